The molecule has 6 rings (SSSR count). The van der Waals surface area contributed by atoms with Crippen LogP contribution in [0.1, 0.15) is 72.3 Å². The van der Waals surface area contributed by atoms with E-state index in [1.807, 2.05) is 19.9 Å². The van der Waals surface area contributed by atoms with Gasteiger partial charge in [0.25, 0.3) is 0 Å². The average molecular weight is 467 g/mol. The smallest absolute Gasteiger partial charge is 0.302 e. The van der Waals surface area contributed by atoms with Gasteiger partial charge in [-0.15, -0.1) is 0 Å². The molecule has 182 valence electrons. The molecule has 1 spiro atoms. The summed E-state index contributed by atoms with van der Waals surface area (Å²) < 4.78 is 18.0. The topological polar surface area (TPSA) is 86.1 Å². The average Bonchev–Trinajstić information content (AvgIpc) is 3.24. The zero-order chi connectivity index (χ0) is 24.5. The molecule has 2 heterocycles. The summed E-state index contributed by atoms with van der Waals surface area (Å²) in [6.45, 7) is 12.1. The first-order chi connectivity index (χ1) is 15.9. The number of ketones is 2. The monoisotopic (exact) mass is 466 g/mol. The van der Waals surface area contributed by atoms with Gasteiger partial charge < -0.3 is 13.9 Å². The lowest BCUT2D eigenvalue weighted by Gasteiger charge is -2.67. The molecule has 1 aliphatic heterocycles. The van der Waals surface area contributed by atoms with E-state index in [0.717, 1.165) is 18.4 Å². The SMILES string of the molecule is CC(=O)O[C@H]1CC2C(C)(C)C(=O)C=C[C@]2(C)C2CC[C@]3(C)[C@@H](c4ccoc4)C(=O)[C@H]4O[C@]43[C@@]21C. The van der Waals surface area contributed by atoms with E-state index in [0.29, 0.717) is 6.42 Å². The highest BCUT2D eigenvalue weighted by atomic mass is 16.6. The summed E-state index contributed by atoms with van der Waals surface area (Å²) in [5.41, 5.74) is -1.65. The van der Waals surface area contributed by atoms with Gasteiger partial charge in [0.1, 0.15) is 17.8 Å². The van der Waals surface area contributed by atoms with Gasteiger partial charge in [-0.3, -0.25) is 14.4 Å². The first-order valence-electron chi connectivity index (χ1n) is 12.5. The number of carbonyl (C=O) groups excluding carboxylic acids is 3. The number of fused-ring (bicyclic) bond motifs is 3. The van der Waals surface area contributed by atoms with E-state index in [1.54, 1.807) is 18.6 Å². The van der Waals surface area contributed by atoms with Gasteiger partial charge in [-0.1, -0.05) is 40.7 Å². The standard InChI is InChI=1S/C28H34O6/c1-15(29)33-20-13-18-24(2,3)19(30)8-10-25(18,4)17-7-11-26(5)21(16-9-12-32-14-16)22(31)23-28(26,34-23)27(17,20)6/h8-10,12,14,17-18,20-21,23H,7,11,13H2,1-6H3/t17?,18?,20-,21-,23+,25+,26+,27-,28+/m0/s1. The van der Waals surface area contributed by atoms with Crippen LogP contribution in [-0.4, -0.2) is 35.3 Å². The van der Waals surface area contributed by atoms with Crippen LogP contribution in [0.5, 0.6) is 0 Å². The van der Waals surface area contributed by atoms with Gasteiger partial charge in [-0.05, 0) is 48.7 Å². The summed E-state index contributed by atoms with van der Waals surface area (Å²) in [5, 5.41) is 0. The van der Waals surface area contributed by atoms with Gasteiger partial charge in [-0.25, -0.2) is 0 Å². The minimum atomic E-state index is -0.713. The second-order valence-electron chi connectivity index (χ2n) is 12.6. The van der Waals surface area contributed by atoms with E-state index < -0.39 is 34.1 Å². The summed E-state index contributed by atoms with van der Waals surface area (Å²) >= 11 is 0. The molecule has 1 aromatic heterocycles. The van der Waals surface area contributed by atoms with Crippen LogP contribution >= 0.6 is 0 Å². The Morgan fingerprint density at radius 3 is 2.50 bits per heavy atom. The number of ether oxygens (including phenoxy) is 2. The number of epoxide rings is 1. The highest BCUT2D eigenvalue weighted by Gasteiger charge is 2.89. The Labute approximate surface area is 200 Å². The maximum absolute atomic E-state index is 13.7. The van der Waals surface area contributed by atoms with Crippen molar-refractivity contribution in [2.45, 2.75) is 84.5 Å². The van der Waals surface area contributed by atoms with Crippen molar-refractivity contribution in [2.75, 3.05) is 0 Å². The van der Waals surface area contributed by atoms with Crippen molar-refractivity contribution in [3.8, 4) is 0 Å². The predicted octanol–water partition coefficient (Wildman–Crippen LogP) is 4.63. The van der Waals surface area contributed by atoms with Crippen LogP contribution in [0.3, 0.4) is 0 Å². The van der Waals surface area contributed by atoms with E-state index in [4.69, 9.17) is 13.9 Å². The molecule has 3 saturated carbocycles. The maximum atomic E-state index is 13.7. The number of hydrogen-bond donors (Lipinski definition) is 0. The summed E-state index contributed by atoms with van der Waals surface area (Å²) in [6, 6.07) is 1.89. The lowest BCUT2D eigenvalue weighted by Crippen LogP contribution is -2.70. The molecule has 4 fully saturated rings. The highest BCUT2D eigenvalue weighted by molar-refractivity contribution is 5.99. The molecule has 0 amide bonds. The third kappa shape index (κ3) is 2.21. The number of rotatable bonds is 2. The fraction of sp³-hybridized carbons (Fsp3) is 0.679. The Hall–Kier alpha value is -2.21. The van der Waals surface area contributed by atoms with Crippen molar-refractivity contribution in [3.05, 3.63) is 36.3 Å². The number of furan rings is 1. The zero-order valence-corrected chi connectivity index (χ0v) is 20.8. The van der Waals surface area contributed by atoms with Gasteiger partial charge in [0.05, 0.1) is 18.4 Å². The van der Waals surface area contributed by atoms with Crippen molar-refractivity contribution in [2.24, 2.45) is 33.5 Å². The molecule has 6 nitrogen and oxygen atoms in total. The van der Waals surface area contributed by atoms with Gasteiger partial charge in [0, 0.05) is 28.7 Å². The largest absolute Gasteiger partial charge is 0.472 e. The van der Waals surface area contributed by atoms with Crippen molar-refractivity contribution >= 4 is 17.5 Å². The second-order valence-corrected chi connectivity index (χ2v) is 12.6. The molecule has 0 radical (unpaired) electrons. The number of allylic oxidation sites excluding steroid dienone is 2. The Morgan fingerprint density at radius 1 is 1.12 bits per heavy atom. The third-order valence-corrected chi connectivity index (χ3v) is 11.0. The zero-order valence-electron chi connectivity index (χ0n) is 20.8. The van der Waals surface area contributed by atoms with Crippen LogP contribution < -0.4 is 0 Å². The van der Waals surface area contributed by atoms with Crippen LogP contribution in [0.15, 0.2) is 35.2 Å². The van der Waals surface area contributed by atoms with Crippen LogP contribution in [0.4, 0.5) is 0 Å². The minimum absolute atomic E-state index is 0.0275. The molecule has 34 heavy (non-hydrogen) atoms. The minimum Gasteiger partial charge on any atom is -0.472 e. The third-order valence-electron chi connectivity index (χ3n) is 11.0. The van der Waals surface area contributed by atoms with E-state index in [9.17, 15) is 14.4 Å². The number of Topliss-reactive ketones (excluding diaryl/α,β-unsaturated/α-hetero) is 1. The molecule has 9 atom stereocenters. The Balaban J connectivity index is 1.54. The molecule has 4 aliphatic carbocycles. The fourth-order valence-electron chi connectivity index (χ4n) is 9.55. The molecule has 0 bridgehead atoms. The van der Waals surface area contributed by atoms with Gasteiger partial charge >= 0.3 is 5.97 Å². The second kappa shape index (κ2) is 6.31. The lowest BCUT2D eigenvalue weighted by atomic mass is 9.36. The van der Waals surface area contributed by atoms with Crippen LogP contribution in [0.25, 0.3) is 0 Å². The van der Waals surface area contributed by atoms with Crippen molar-refractivity contribution in [3.63, 3.8) is 0 Å². The molecule has 6 heteroatoms. The molecular weight excluding hydrogens is 432 g/mol. The Bertz CT molecular complexity index is 1130. The summed E-state index contributed by atoms with van der Waals surface area (Å²) in [4.78, 5) is 39.0. The highest BCUT2D eigenvalue weighted by Crippen LogP contribution is 2.81. The van der Waals surface area contributed by atoms with Gasteiger partial charge in [-0.2, -0.15) is 0 Å². The predicted molar refractivity (Wildman–Crippen MR) is 123 cm³/mol. The van der Waals surface area contributed by atoms with E-state index >= 15 is 0 Å². The van der Waals surface area contributed by atoms with E-state index in [1.165, 1.54) is 6.92 Å². The Morgan fingerprint density at radius 2 is 1.85 bits per heavy atom. The molecule has 2 unspecified atom stereocenters. The van der Waals surface area contributed by atoms with E-state index in [-0.39, 0.29) is 40.7 Å². The van der Waals surface area contributed by atoms with Crippen LogP contribution in [-0.2, 0) is 23.9 Å². The fourth-order valence-corrected chi connectivity index (χ4v) is 9.55. The normalized spacial score (nSPS) is 50.1. The lowest BCUT2D eigenvalue weighted by molar-refractivity contribution is -0.232. The molecule has 0 N–H and O–H groups in total. The summed E-state index contributed by atoms with van der Waals surface area (Å²) in [7, 11) is 0. The summed E-state index contributed by atoms with van der Waals surface area (Å²) in [5.74, 6) is -0.280. The van der Waals surface area contributed by atoms with Crippen molar-refractivity contribution in [1.29, 1.82) is 0 Å². The quantitative estimate of drug-likeness (QED) is 0.467. The van der Waals surface area contributed by atoms with Crippen LogP contribution in [0.2, 0.25) is 0 Å². The Kier molecular flexibility index (Phi) is 4.13. The number of carbonyl (C=O) groups is 3. The van der Waals surface area contributed by atoms with Crippen LogP contribution in [0, 0.1) is 33.5 Å². The molecular formula is C28H34O6. The van der Waals surface area contributed by atoms with Crippen molar-refractivity contribution < 1.29 is 28.3 Å². The molecule has 0 aromatic carbocycles. The molecule has 1 saturated heterocycles. The number of esters is 1. The van der Waals surface area contributed by atoms with Gasteiger partial charge in [0.15, 0.2) is 11.6 Å². The molecule has 1 aromatic rings. The maximum Gasteiger partial charge on any atom is 0.302 e. The summed E-state index contributed by atoms with van der Waals surface area (Å²) in [6.07, 6.45) is 8.49. The number of hydrogen-bond acceptors (Lipinski definition) is 6. The van der Waals surface area contributed by atoms with Gasteiger partial charge in [0.2, 0.25) is 0 Å². The van der Waals surface area contributed by atoms with Crippen molar-refractivity contribution in [1.82, 2.24) is 0 Å². The van der Waals surface area contributed by atoms with E-state index in [2.05, 4.69) is 26.8 Å². The molecule has 5 aliphatic rings. The first kappa shape index (κ1) is 22.3. The first-order valence-corrected chi connectivity index (χ1v) is 12.5.